The van der Waals surface area contributed by atoms with Gasteiger partial charge in [0.1, 0.15) is 5.82 Å². The molecule has 0 radical (unpaired) electrons. The summed E-state index contributed by atoms with van der Waals surface area (Å²) in [4.78, 5) is 13.9. The lowest BCUT2D eigenvalue weighted by Crippen LogP contribution is -2.24. The lowest BCUT2D eigenvalue weighted by Gasteiger charge is -2.18. The molecule has 28 heavy (non-hydrogen) atoms. The highest BCUT2D eigenvalue weighted by molar-refractivity contribution is 5.94. The van der Waals surface area contributed by atoms with Crippen LogP contribution >= 0.6 is 0 Å². The Kier molecular flexibility index (Phi) is 7.49. The fraction of sp³-hybridized carbons (Fsp3) is 0.286. The number of nitrogens with zero attached hydrogens (tertiary/aromatic N) is 1. The minimum Gasteiger partial charge on any atom is -0.490 e. The number of carbonyl (C=O) groups excluding carboxylic acids is 1. The zero-order valence-corrected chi connectivity index (χ0v) is 15.9. The molecule has 2 rings (SSSR count). The van der Waals surface area contributed by atoms with Crippen LogP contribution < -0.4 is 9.47 Å². The van der Waals surface area contributed by atoms with E-state index in [0.717, 1.165) is 5.56 Å². The molecule has 0 aliphatic heterocycles. The van der Waals surface area contributed by atoms with E-state index in [1.165, 1.54) is 29.2 Å². The summed E-state index contributed by atoms with van der Waals surface area (Å²) in [5, 5.41) is 0. The number of hydrogen-bond donors (Lipinski definition) is 0. The van der Waals surface area contributed by atoms with Gasteiger partial charge in [-0.05, 0) is 54.8 Å². The van der Waals surface area contributed by atoms with Gasteiger partial charge in [0.25, 0.3) is 0 Å². The predicted octanol–water partition coefficient (Wildman–Crippen LogP) is 4.89. The van der Waals surface area contributed by atoms with Crippen molar-refractivity contribution in [2.75, 3.05) is 13.7 Å². The summed E-state index contributed by atoms with van der Waals surface area (Å²) < 4.78 is 47.8. The van der Waals surface area contributed by atoms with Crippen LogP contribution in [0.3, 0.4) is 0 Å². The van der Waals surface area contributed by atoms with Gasteiger partial charge < -0.3 is 14.4 Å². The minimum absolute atomic E-state index is 0.0540. The number of alkyl halides is 2. The molecule has 2 aromatic carbocycles. The SMILES string of the molecule is CCOc1cc(CN(C)C(=O)/C=C(/C)c2ccc(F)cc2)ccc1OC(F)F. The molecule has 0 aliphatic carbocycles. The van der Waals surface area contributed by atoms with Gasteiger partial charge in [-0.1, -0.05) is 18.2 Å². The fourth-order valence-electron chi connectivity index (χ4n) is 2.56. The molecule has 0 unspecified atom stereocenters. The molecule has 1 amide bonds. The Balaban J connectivity index is 2.11. The molecule has 0 bridgehead atoms. The summed E-state index contributed by atoms with van der Waals surface area (Å²) in [6, 6.07) is 10.4. The molecule has 0 aromatic heterocycles. The van der Waals surface area contributed by atoms with E-state index >= 15 is 0 Å². The first-order valence-corrected chi connectivity index (χ1v) is 8.70. The van der Waals surface area contributed by atoms with Crippen molar-refractivity contribution in [3.8, 4) is 11.5 Å². The summed E-state index contributed by atoms with van der Waals surface area (Å²) in [7, 11) is 1.63. The van der Waals surface area contributed by atoms with Gasteiger partial charge in [0, 0.05) is 19.7 Å². The average molecular weight is 393 g/mol. The van der Waals surface area contributed by atoms with E-state index in [1.54, 1.807) is 45.2 Å². The summed E-state index contributed by atoms with van der Waals surface area (Å²) >= 11 is 0. The molecule has 0 aliphatic rings. The number of carbonyl (C=O) groups is 1. The number of allylic oxidation sites excluding steroid dienone is 1. The second-order valence-electron chi connectivity index (χ2n) is 6.12. The van der Waals surface area contributed by atoms with Gasteiger partial charge >= 0.3 is 6.61 Å². The number of hydrogen-bond acceptors (Lipinski definition) is 3. The summed E-state index contributed by atoms with van der Waals surface area (Å²) in [5.74, 6) is -0.446. The molecule has 0 N–H and O–H groups in total. The van der Waals surface area contributed by atoms with Crippen LogP contribution in [-0.2, 0) is 11.3 Å². The van der Waals surface area contributed by atoms with Crippen molar-refractivity contribution in [2.45, 2.75) is 27.0 Å². The second-order valence-corrected chi connectivity index (χ2v) is 6.12. The number of halogens is 3. The molecular formula is C21H22F3NO3. The van der Waals surface area contributed by atoms with Crippen molar-refractivity contribution in [1.29, 1.82) is 0 Å². The first-order chi connectivity index (χ1) is 13.3. The van der Waals surface area contributed by atoms with E-state index in [4.69, 9.17) is 4.74 Å². The van der Waals surface area contributed by atoms with Gasteiger partial charge in [0.2, 0.25) is 5.91 Å². The average Bonchev–Trinajstić information content (AvgIpc) is 2.64. The van der Waals surface area contributed by atoms with E-state index in [1.807, 2.05) is 0 Å². The Morgan fingerprint density at radius 3 is 2.43 bits per heavy atom. The highest BCUT2D eigenvalue weighted by Crippen LogP contribution is 2.30. The molecule has 7 heteroatoms. The fourth-order valence-corrected chi connectivity index (χ4v) is 2.56. The third-order valence-corrected chi connectivity index (χ3v) is 3.96. The van der Waals surface area contributed by atoms with Crippen LogP contribution in [0.2, 0.25) is 0 Å². The smallest absolute Gasteiger partial charge is 0.387 e. The monoisotopic (exact) mass is 393 g/mol. The Bertz CT molecular complexity index is 835. The maximum absolute atomic E-state index is 13.0. The zero-order valence-electron chi connectivity index (χ0n) is 15.9. The lowest BCUT2D eigenvalue weighted by atomic mass is 10.1. The summed E-state index contributed by atoms with van der Waals surface area (Å²) in [5.41, 5.74) is 2.15. The van der Waals surface area contributed by atoms with E-state index in [0.29, 0.717) is 11.1 Å². The van der Waals surface area contributed by atoms with Crippen molar-refractivity contribution in [3.63, 3.8) is 0 Å². The third kappa shape index (κ3) is 6.04. The van der Waals surface area contributed by atoms with Crippen molar-refractivity contribution in [3.05, 3.63) is 65.5 Å². The van der Waals surface area contributed by atoms with Crippen LogP contribution in [-0.4, -0.2) is 31.1 Å². The van der Waals surface area contributed by atoms with Crippen molar-refractivity contribution >= 4 is 11.5 Å². The maximum atomic E-state index is 13.0. The van der Waals surface area contributed by atoms with Gasteiger partial charge in [-0.15, -0.1) is 0 Å². The van der Waals surface area contributed by atoms with Crippen molar-refractivity contribution in [2.24, 2.45) is 0 Å². The molecule has 0 saturated heterocycles. The molecule has 0 saturated carbocycles. The maximum Gasteiger partial charge on any atom is 0.387 e. The number of ether oxygens (including phenoxy) is 2. The van der Waals surface area contributed by atoms with Gasteiger partial charge in [-0.3, -0.25) is 4.79 Å². The highest BCUT2D eigenvalue weighted by Gasteiger charge is 2.14. The van der Waals surface area contributed by atoms with Crippen LogP contribution in [0.25, 0.3) is 5.57 Å². The highest BCUT2D eigenvalue weighted by atomic mass is 19.3. The summed E-state index contributed by atoms with van der Waals surface area (Å²) in [6.45, 7) is 1.09. The largest absolute Gasteiger partial charge is 0.490 e. The topological polar surface area (TPSA) is 38.8 Å². The molecule has 0 heterocycles. The standard InChI is InChI=1S/C21H22F3NO3/c1-4-27-19-12-15(5-10-18(19)28-21(23)24)13-25(3)20(26)11-14(2)16-6-8-17(22)9-7-16/h5-12,21H,4,13H2,1-3H3/b14-11-. The predicted molar refractivity (Wildman–Crippen MR) is 101 cm³/mol. The molecule has 2 aromatic rings. The minimum atomic E-state index is -2.95. The van der Waals surface area contributed by atoms with Gasteiger partial charge in [0.05, 0.1) is 6.61 Å². The molecular weight excluding hydrogens is 371 g/mol. The van der Waals surface area contributed by atoms with Crippen LogP contribution in [0, 0.1) is 5.82 Å². The molecule has 0 spiro atoms. The first-order valence-electron chi connectivity index (χ1n) is 8.70. The van der Waals surface area contributed by atoms with E-state index < -0.39 is 6.61 Å². The van der Waals surface area contributed by atoms with Crippen molar-refractivity contribution in [1.82, 2.24) is 4.90 Å². The quantitative estimate of drug-likeness (QED) is 0.600. The Hall–Kier alpha value is -2.96. The Labute approximate surface area is 162 Å². The Morgan fingerprint density at radius 2 is 1.82 bits per heavy atom. The Morgan fingerprint density at radius 1 is 1.14 bits per heavy atom. The van der Waals surface area contributed by atoms with Crippen LogP contribution in [0.15, 0.2) is 48.5 Å². The van der Waals surface area contributed by atoms with E-state index in [2.05, 4.69) is 4.74 Å². The zero-order chi connectivity index (χ0) is 20.7. The van der Waals surface area contributed by atoms with E-state index in [-0.39, 0.29) is 36.4 Å². The number of likely N-dealkylation sites (N-methyl/N-ethyl adjacent to an activating group) is 1. The van der Waals surface area contributed by atoms with Gasteiger partial charge in [0.15, 0.2) is 11.5 Å². The molecule has 0 atom stereocenters. The van der Waals surface area contributed by atoms with E-state index in [9.17, 15) is 18.0 Å². The summed E-state index contributed by atoms with van der Waals surface area (Å²) in [6.07, 6.45) is 1.46. The number of benzene rings is 2. The number of amides is 1. The second kappa shape index (κ2) is 9.82. The first kappa shape index (κ1) is 21.3. The molecule has 0 fully saturated rings. The van der Waals surface area contributed by atoms with Gasteiger partial charge in [-0.25, -0.2) is 4.39 Å². The number of rotatable bonds is 8. The normalized spacial score (nSPS) is 11.5. The van der Waals surface area contributed by atoms with Crippen molar-refractivity contribution < 1.29 is 27.4 Å². The third-order valence-electron chi connectivity index (χ3n) is 3.96. The van der Waals surface area contributed by atoms with Crippen LogP contribution in [0.4, 0.5) is 13.2 Å². The van der Waals surface area contributed by atoms with Crippen LogP contribution in [0.1, 0.15) is 25.0 Å². The lowest BCUT2D eigenvalue weighted by molar-refractivity contribution is -0.125. The van der Waals surface area contributed by atoms with Crippen LogP contribution in [0.5, 0.6) is 11.5 Å². The molecule has 150 valence electrons. The molecule has 4 nitrogen and oxygen atoms in total. The van der Waals surface area contributed by atoms with Gasteiger partial charge in [-0.2, -0.15) is 8.78 Å².